The lowest BCUT2D eigenvalue weighted by molar-refractivity contribution is 0.233. The summed E-state index contributed by atoms with van der Waals surface area (Å²) in [5.74, 6) is 1.89. The predicted octanol–water partition coefficient (Wildman–Crippen LogP) is 3.09. The van der Waals surface area contributed by atoms with Crippen molar-refractivity contribution in [2.75, 3.05) is 20.2 Å². The second kappa shape index (κ2) is 5.98. The minimum atomic E-state index is 0. The lowest BCUT2D eigenvalue weighted by Crippen LogP contribution is -2.38. The normalized spacial score (nSPS) is 25.1. The number of hydrogen-bond donors (Lipinski definition) is 0. The molecule has 2 nitrogen and oxygen atoms in total. The number of likely N-dealkylation sites (tertiary alicyclic amines) is 1. The Morgan fingerprint density at radius 3 is 3.00 bits per heavy atom. The van der Waals surface area contributed by atoms with Crippen LogP contribution in [-0.4, -0.2) is 31.1 Å². The third kappa shape index (κ3) is 2.52. The van der Waals surface area contributed by atoms with Gasteiger partial charge >= 0.3 is 0 Å². The van der Waals surface area contributed by atoms with Crippen molar-refractivity contribution in [3.63, 3.8) is 0 Å². The van der Waals surface area contributed by atoms with Crippen LogP contribution in [0.25, 0.3) is 0 Å². The van der Waals surface area contributed by atoms with E-state index in [1.807, 2.05) is 6.08 Å². The van der Waals surface area contributed by atoms with E-state index in [1.165, 1.54) is 30.5 Å². The van der Waals surface area contributed by atoms with E-state index in [0.29, 0.717) is 6.04 Å². The zero-order valence-corrected chi connectivity index (χ0v) is 12.3. The fourth-order valence-corrected chi connectivity index (χ4v) is 3.63. The van der Waals surface area contributed by atoms with Crippen LogP contribution in [0.1, 0.15) is 17.5 Å². The Balaban J connectivity index is 0.00000133. The van der Waals surface area contributed by atoms with Crippen molar-refractivity contribution in [3.8, 4) is 5.75 Å². The molecule has 1 heterocycles. The van der Waals surface area contributed by atoms with E-state index in [0.717, 1.165) is 24.6 Å². The van der Waals surface area contributed by atoms with Gasteiger partial charge in [0.25, 0.3) is 0 Å². The third-order valence-corrected chi connectivity index (χ3v) is 4.51. The highest BCUT2D eigenvalue weighted by Crippen LogP contribution is 2.38. The van der Waals surface area contributed by atoms with Gasteiger partial charge in [0, 0.05) is 12.6 Å². The van der Waals surface area contributed by atoms with Crippen molar-refractivity contribution >= 4 is 12.4 Å². The monoisotopic (exact) mass is 279 g/mol. The van der Waals surface area contributed by atoms with Crippen LogP contribution in [0.15, 0.2) is 30.9 Å². The molecule has 3 heteroatoms. The number of benzene rings is 1. The molecule has 0 N–H and O–H groups in total. The van der Waals surface area contributed by atoms with Crippen LogP contribution in [0.2, 0.25) is 0 Å². The Hall–Kier alpha value is -0.990. The first-order chi connectivity index (χ1) is 8.83. The smallest absolute Gasteiger partial charge is 0.122 e. The zero-order valence-electron chi connectivity index (χ0n) is 11.5. The summed E-state index contributed by atoms with van der Waals surface area (Å²) in [6.45, 7) is 6.11. The highest BCUT2D eigenvalue weighted by Gasteiger charge is 2.37. The highest BCUT2D eigenvalue weighted by molar-refractivity contribution is 5.85. The maximum absolute atomic E-state index is 5.52. The number of ether oxygens (including phenoxy) is 1. The molecule has 0 unspecified atom stereocenters. The number of halogens is 1. The standard InChI is InChI=1S/C16H21NO.ClH/c1-3-8-17-9-7-13-10-12-5-4-6-16(18-2)14(12)11-15(13)17;/h3-6,13,15H,1,7-11H2,2H3;1H/t13-,15+;/m1./s1. The fourth-order valence-electron chi connectivity index (χ4n) is 3.63. The maximum Gasteiger partial charge on any atom is 0.122 e. The molecular formula is C16H22ClNO. The van der Waals surface area contributed by atoms with Crippen LogP contribution >= 0.6 is 12.4 Å². The van der Waals surface area contributed by atoms with Crippen LogP contribution in [0, 0.1) is 5.92 Å². The number of methoxy groups -OCH3 is 1. The summed E-state index contributed by atoms with van der Waals surface area (Å²) in [5.41, 5.74) is 2.92. The van der Waals surface area contributed by atoms with Crippen molar-refractivity contribution in [1.29, 1.82) is 0 Å². The Labute approximate surface area is 121 Å². The third-order valence-electron chi connectivity index (χ3n) is 4.51. The average molecular weight is 280 g/mol. The van der Waals surface area contributed by atoms with Gasteiger partial charge in [0.2, 0.25) is 0 Å². The lowest BCUT2D eigenvalue weighted by atomic mass is 9.80. The summed E-state index contributed by atoms with van der Waals surface area (Å²) < 4.78 is 5.52. The molecule has 1 fully saturated rings. The molecule has 0 amide bonds. The largest absolute Gasteiger partial charge is 0.496 e. The summed E-state index contributed by atoms with van der Waals surface area (Å²) in [6.07, 6.45) is 5.71. The first-order valence-corrected chi connectivity index (χ1v) is 6.83. The van der Waals surface area contributed by atoms with E-state index in [4.69, 9.17) is 4.74 Å². The second-order valence-corrected chi connectivity index (χ2v) is 5.41. The summed E-state index contributed by atoms with van der Waals surface area (Å²) >= 11 is 0. The molecule has 1 saturated heterocycles. The van der Waals surface area contributed by atoms with E-state index in [1.54, 1.807) is 7.11 Å². The van der Waals surface area contributed by atoms with Gasteiger partial charge in [0.15, 0.2) is 0 Å². The summed E-state index contributed by atoms with van der Waals surface area (Å²) in [6, 6.07) is 7.16. The van der Waals surface area contributed by atoms with E-state index in [2.05, 4.69) is 29.7 Å². The summed E-state index contributed by atoms with van der Waals surface area (Å²) in [5, 5.41) is 0. The number of nitrogens with zero attached hydrogens (tertiary/aromatic N) is 1. The van der Waals surface area contributed by atoms with E-state index in [-0.39, 0.29) is 12.4 Å². The Morgan fingerprint density at radius 2 is 2.26 bits per heavy atom. The molecule has 1 aliphatic carbocycles. The van der Waals surface area contributed by atoms with Crippen molar-refractivity contribution < 1.29 is 4.74 Å². The van der Waals surface area contributed by atoms with E-state index < -0.39 is 0 Å². The average Bonchev–Trinajstić information content (AvgIpc) is 2.78. The zero-order chi connectivity index (χ0) is 12.5. The Kier molecular flexibility index (Phi) is 4.54. The molecule has 1 aromatic carbocycles. The fraction of sp³-hybridized carbons (Fsp3) is 0.500. The minimum absolute atomic E-state index is 0. The molecule has 2 atom stereocenters. The van der Waals surface area contributed by atoms with Crippen molar-refractivity contribution in [1.82, 2.24) is 4.90 Å². The van der Waals surface area contributed by atoms with Gasteiger partial charge in [-0.1, -0.05) is 18.2 Å². The lowest BCUT2D eigenvalue weighted by Gasteiger charge is -2.33. The van der Waals surface area contributed by atoms with E-state index >= 15 is 0 Å². The van der Waals surface area contributed by atoms with Gasteiger partial charge in [0.1, 0.15) is 5.75 Å². The van der Waals surface area contributed by atoms with Crippen LogP contribution in [0.5, 0.6) is 5.75 Å². The van der Waals surface area contributed by atoms with Gasteiger partial charge in [-0.15, -0.1) is 19.0 Å². The van der Waals surface area contributed by atoms with Crippen LogP contribution < -0.4 is 4.74 Å². The van der Waals surface area contributed by atoms with Gasteiger partial charge < -0.3 is 4.74 Å². The quantitative estimate of drug-likeness (QED) is 0.789. The minimum Gasteiger partial charge on any atom is -0.496 e. The molecule has 1 aliphatic heterocycles. The predicted molar refractivity (Wildman–Crippen MR) is 81.3 cm³/mol. The molecule has 3 rings (SSSR count). The van der Waals surface area contributed by atoms with Gasteiger partial charge in [-0.3, -0.25) is 4.90 Å². The molecule has 0 spiro atoms. The first-order valence-electron chi connectivity index (χ1n) is 6.83. The molecule has 0 aromatic heterocycles. The second-order valence-electron chi connectivity index (χ2n) is 5.41. The topological polar surface area (TPSA) is 12.5 Å². The van der Waals surface area contributed by atoms with E-state index in [9.17, 15) is 0 Å². The van der Waals surface area contributed by atoms with Gasteiger partial charge in [-0.05, 0) is 48.9 Å². The van der Waals surface area contributed by atoms with Crippen molar-refractivity contribution in [2.24, 2.45) is 5.92 Å². The first kappa shape index (κ1) is 14.4. The molecule has 104 valence electrons. The maximum atomic E-state index is 5.52. The van der Waals surface area contributed by atoms with Gasteiger partial charge in [-0.25, -0.2) is 0 Å². The van der Waals surface area contributed by atoms with Crippen molar-refractivity contribution in [2.45, 2.75) is 25.3 Å². The van der Waals surface area contributed by atoms with Crippen LogP contribution in [-0.2, 0) is 12.8 Å². The highest BCUT2D eigenvalue weighted by atomic mass is 35.5. The number of hydrogen-bond acceptors (Lipinski definition) is 2. The number of fused-ring (bicyclic) bond motifs is 2. The van der Waals surface area contributed by atoms with Crippen LogP contribution in [0.4, 0.5) is 0 Å². The molecule has 0 saturated carbocycles. The summed E-state index contributed by atoms with van der Waals surface area (Å²) in [4.78, 5) is 2.58. The van der Waals surface area contributed by atoms with Crippen LogP contribution in [0.3, 0.4) is 0 Å². The summed E-state index contributed by atoms with van der Waals surface area (Å²) in [7, 11) is 1.78. The molecule has 19 heavy (non-hydrogen) atoms. The molecular weight excluding hydrogens is 258 g/mol. The molecule has 2 aliphatic rings. The van der Waals surface area contributed by atoms with Crippen molar-refractivity contribution in [3.05, 3.63) is 42.0 Å². The number of rotatable bonds is 3. The van der Waals surface area contributed by atoms with Gasteiger partial charge in [-0.2, -0.15) is 0 Å². The van der Waals surface area contributed by atoms with Gasteiger partial charge in [0.05, 0.1) is 7.11 Å². The SMILES string of the molecule is C=CCN1CC[C@@H]2Cc3cccc(OC)c3C[C@@H]21.Cl. The Bertz CT molecular complexity index is 460. The molecule has 0 radical (unpaired) electrons. The molecule has 0 bridgehead atoms. The molecule has 1 aromatic rings. The Morgan fingerprint density at radius 1 is 1.42 bits per heavy atom.